The van der Waals surface area contributed by atoms with Gasteiger partial charge in [-0.2, -0.15) is 0 Å². The van der Waals surface area contributed by atoms with Gasteiger partial charge in [-0.05, 0) is 34.1 Å². The molecule has 0 amide bonds. The highest BCUT2D eigenvalue weighted by Crippen LogP contribution is 2.36. The van der Waals surface area contributed by atoms with Gasteiger partial charge in [0.2, 0.25) is 0 Å². The molecule has 0 saturated carbocycles. The molecule has 0 aliphatic heterocycles. The molecule has 21 heavy (non-hydrogen) atoms. The maximum atomic E-state index is 6.10. The topological polar surface area (TPSA) is 37.8 Å². The molecule has 0 aliphatic carbocycles. The van der Waals surface area contributed by atoms with Gasteiger partial charge >= 0.3 is 0 Å². The SMILES string of the molecule is CNc1nc(-c2cc(Cl)ccc2Br)nc(C(C)(C)C)c1Br. The van der Waals surface area contributed by atoms with Gasteiger partial charge in [-0.15, -0.1) is 0 Å². The molecule has 0 bridgehead atoms. The zero-order valence-electron chi connectivity index (χ0n) is 12.3. The highest BCUT2D eigenvalue weighted by Gasteiger charge is 2.23. The number of hydrogen-bond acceptors (Lipinski definition) is 3. The molecule has 0 saturated heterocycles. The average molecular weight is 434 g/mol. The summed E-state index contributed by atoms with van der Waals surface area (Å²) in [5.74, 6) is 1.40. The Kier molecular flexibility index (Phi) is 4.96. The fourth-order valence-electron chi connectivity index (χ4n) is 1.90. The molecule has 0 unspecified atom stereocenters. The molecule has 6 heteroatoms. The number of anilines is 1. The molecular weight excluding hydrogens is 417 g/mol. The first-order valence-corrected chi connectivity index (χ1v) is 8.41. The van der Waals surface area contributed by atoms with Gasteiger partial charge in [0.1, 0.15) is 5.82 Å². The van der Waals surface area contributed by atoms with E-state index in [2.05, 4.69) is 62.9 Å². The molecule has 0 fully saturated rings. The average Bonchev–Trinajstić information content (AvgIpc) is 2.40. The van der Waals surface area contributed by atoms with Crippen molar-refractivity contribution in [1.29, 1.82) is 0 Å². The number of rotatable bonds is 2. The quantitative estimate of drug-likeness (QED) is 0.664. The summed E-state index contributed by atoms with van der Waals surface area (Å²) in [5, 5.41) is 3.76. The van der Waals surface area contributed by atoms with Gasteiger partial charge in [0.25, 0.3) is 0 Å². The monoisotopic (exact) mass is 431 g/mol. The van der Waals surface area contributed by atoms with Gasteiger partial charge in [-0.25, -0.2) is 9.97 Å². The van der Waals surface area contributed by atoms with Crippen molar-refractivity contribution in [3.05, 3.63) is 37.9 Å². The Labute approximate surface area is 146 Å². The maximum Gasteiger partial charge on any atom is 0.163 e. The van der Waals surface area contributed by atoms with Crippen molar-refractivity contribution >= 4 is 49.3 Å². The lowest BCUT2D eigenvalue weighted by molar-refractivity contribution is 0.564. The van der Waals surface area contributed by atoms with Crippen molar-refractivity contribution in [1.82, 2.24) is 9.97 Å². The minimum absolute atomic E-state index is 0.104. The molecule has 0 radical (unpaired) electrons. The highest BCUT2D eigenvalue weighted by molar-refractivity contribution is 9.11. The Hall–Kier alpha value is -0.650. The highest BCUT2D eigenvalue weighted by atomic mass is 79.9. The Morgan fingerprint density at radius 2 is 1.81 bits per heavy atom. The maximum absolute atomic E-state index is 6.10. The fraction of sp³-hybridized carbons (Fsp3) is 0.333. The molecule has 0 atom stereocenters. The van der Waals surface area contributed by atoms with Crippen molar-refractivity contribution in [3.8, 4) is 11.4 Å². The van der Waals surface area contributed by atoms with E-state index >= 15 is 0 Å². The zero-order chi connectivity index (χ0) is 15.8. The van der Waals surface area contributed by atoms with Gasteiger partial charge < -0.3 is 5.32 Å². The lowest BCUT2D eigenvalue weighted by Gasteiger charge is -2.22. The summed E-state index contributed by atoms with van der Waals surface area (Å²) in [6.45, 7) is 6.36. The first-order chi connectivity index (χ1) is 9.74. The summed E-state index contributed by atoms with van der Waals surface area (Å²) in [4.78, 5) is 9.32. The van der Waals surface area contributed by atoms with Crippen LogP contribution in [0, 0.1) is 0 Å². The minimum Gasteiger partial charge on any atom is -0.372 e. The first-order valence-electron chi connectivity index (χ1n) is 6.45. The molecule has 1 heterocycles. The van der Waals surface area contributed by atoms with Crippen LogP contribution in [0.4, 0.5) is 5.82 Å². The summed E-state index contributed by atoms with van der Waals surface area (Å²) in [5.41, 5.74) is 1.72. The van der Waals surface area contributed by atoms with Crippen molar-refractivity contribution in [2.24, 2.45) is 0 Å². The zero-order valence-corrected chi connectivity index (χ0v) is 16.2. The van der Waals surface area contributed by atoms with Crippen LogP contribution in [0.1, 0.15) is 26.5 Å². The van der Waals surface area contributed by atoms with Crippen LogP contribution in [0.15, 0.2) is 27.1 Å². The van der Waals surface area contributed by atoms with E-state index in [4.69, 9.17) is 16.6 Å². The van der Waals surface area contributed by atoms with Crippen molar-refractivity contribution in [2.75, 3.05) is 12.4 Å². The number of benzene rings is 1. The van der Waals surface area contributed by atoms with Crippen LogP contribution in [0.2, 0.25) is 5.02 Å². The van der Waals surface area contributed by atoms with E-state index in [1.807, 2.05) is 25.2 Å². The molecule has 112 valence electrons. The molecular formula is C15H16Br2ClN3. The van der Waals surface area contributed by atoms with Gasteiger partial charge in [-0.3, -0.25) is 0 Å². The van der Waals surface area contributed by atoms with Crippen LogP contribution >= 0.6 is 43.5 Å². The third-order valence-corrected chi connectivity index (χ3v) is 4.65. The summed E-state index contributed by atoms with van der Waals surface area (Å²) in [6.07, 6.45) is 0. The van der Waals surface area contributed by atoms with E-state index in [9.17, 15) is 0 Å². The predicted octanol–water partition coefficient (Wildman–Crippen LogP) is 5.66. The normalized spacial score (nSPS) is 11.6. The third-order valence-electron chi connectivity index (χ3n) is 2.97. The number of hydrogen-bond donors (Lipinski definition) is 1. The van der Waals surface area contributed by atoms with Crippen LogP contribution in [-0.4, -0.2) is 17.0 Å². The van der Waals surface area contributed by atoms with E-state index in [0.29, 0.717) is 10.8 Å². The molecule has 1 N–H and O–H groups in total. The van der Waals surface area contributed by atoms with E-state index in [0.717, 1.165) is 26.0 Å². The lowest BCUT2D eigenvalue weighted by atomic mass is 9.91. The predicted molar refractivity (Wildman–Crippen MR) is 96.1 cm³/mol. The second-order valence-electron chi connectivity index (χ2n) is 5.68. The second-order valence-corrected chi connectivity index (χ2v) is 7.77. The summed E-state index contributed by atoms with van der Waals surface area (Å²) in [7, 11) is 1.84. The third kappa shape index (κ3) is 3.58. The van der Waals surface area contributed by atoms with E-state index in [-0.39, 0.29) is 5.41 Å². The number of nitrogens with zero attached hydrogens (tertiary/aromatic N) is 2. The summed E-state index contributed by atoms with van der Waals surface area (Å²) < 4.78 is 1.80. The number of nitrogens with one attached hydrogen (secondary N) is 1. The molecule has 3 nitrogen and oxygen atoms in total. The van der Waals surface area contributed by atoms with Crippen LogP contribution in [0.25, 0.3) is 11.4 Å². The van der Waals surface area contributed by atoms with Crippen LogP contribution in [-0.2, 0) is 5.41 Å². The van der Waals surface area contributed by atoms with Gasteiger partial charge in [-0.1, -0.05) is 48.3 Å². The van der Waals surface area contributed by atoms with E-state index < -0.39 is 0 Å². The summed E-state index contributed by atoms with van der Waals surface area (Å²) >= 11 is 13.2. The molecule has 0 spiro atoms. The Bertz CT molecular complexity index is 681. The van der Waals surface area contributed by atoms with Crippen LogP contribution in [0.3, 0.4) is 0 Å². The smallest absolute Gasteiger partial charge is 0.163 e. The Morgan fingerprint density at radius 1 is 1.14 bits per heavy atom. The van der Waals surface area contributed by atoms with Gasteiger partial charge in [0.15, 0.2) is 5.82 Å². The second kappa shape index (κ2) is 6.23. The van der Waals surface area contributed by atoms with Crippen molar-refractivity contribution < 1.29 is 0 Å². The molecule has 0 aliphatic rings. The van der Waals surface area contributed by atoms with Crippen LogP contribution < -0.4 is 5.32 Å². The van der Waals surface area contributed by atoms with Crippen molar-refractivity contribution in [2.45, 2.75) is 26.2 Å². The lowest BCUT2D eigenvalue weighted by Crippen LogP contribution is -2.17. The van der Waals surface area contributed by atoms with Gasteiger partial charge in [0, 0.05) is 27.5 Å². The summed E-state index contributed by atoms with van der Waals surface area (Å²) in [6, 6.07) is 5.59. The Balaban J connectivity index is 2.73. The minimum atomic E-state index is -0.104. The van der Waals surface area contributed by atoms with E-state index in [1.54, 1.807) is 0 Å². The first kappa shape index (κ1) is 16.7. The van der Waals surface area contributed by atoms with Gasteiger partial charge in [0.05, 0.1) is 10.2 Å². The molecule has 2 rings (SSSR count). The fourth-order valence-corrected chi connectivity index (χ4v) is 3.47. The molecule has 1 aromatic heterocycles. The van der Waals surface area contributed by atoms with Crippen LogP contribution in [0.5, 0.6) is 0 Å². The number of aromatic nitrogens is 2. The largest absolute Gasteiger partial charge is 0.372 e. The molecule has 1 aromatic carbocycles. The molecule has 2 aromatic rings. The van der Waals surface area contributed by atoms with E-state index in [1.165, 1.54) is 0 Å². The standard InChI is InChI=1S/C15H16Br2ClN3/c1-15(2,3)12-11(17)14(19-4)21-13(20-12)9-7-8(18)5-6-10(9)16/h5-7H,1-4H3,(H,19,20,21). The number of halogens is 3. The van der Waals surface area contributed by atoms with Crippen molar-refractivity contribution in [3.63, 3.8) is 0 Å². The Morgan fingerprint density at radius 3 is 2.38 bits per heavy atom.